The highest BCUT2D eigenvalue weighted by Gasteiger charge is 2.18. The second kappa shape index (κ2) is 3.72. The summed E-state index contributed by atoms with van der Waals surface area (Å²) >= 11 is 0. The van der Waals surface area contributed by atoms with E-state index in [0.717, 1.165) is 31.1 Å². The van der Waals surface area contributed by atoms with Gasteiger partial charge < -0.3 is 20.1 Å². The largest absolute Gasteiger partial charge is 0.454 e. The summed E-state index contributed by atoms with van der Waals surface area (Å²) in [4.78, 5) is 0. The molecule has 1 fully saturated rings. The molecular weight excluding hydrogens is 192 g/mol. The summed E-state index contributed by atoms with van der Waals surface area (Å²) in [6, 6.07) is 6.52. The van der Waals surface area contributed by atoms with Crippen molar-refractivity contribution < 1.29 is 9.47 Å². The molecule has 0 spiro atoms. The molecule has 4 heteroatoms. The first kappa shape index (κ1) is 9.00. The van der Waals surface area contributed by atoms with Crippen LogP contribution in [0.25, 0.3) is 0 Å². The standard InChI is InChI=1S/C11H14N2O2/c1-2-10-11(15-7-14-10)5-8(1)9-6-12-3-4-13-9/h1-2,5,9,12-13H,3-4,6-7H2/t9-/m0/s1. The minimum Gasteiger partial charge on any atom is -0.454 e. The van der Waals surface area contributed by atoms with Crippen molar-refractivity contribution in [3.63, 3.8) is 0 Å². The molecular formula is C11H14N2O2. The number of rotatable bonds is 1. The lowest BCUT2D eigenvalue weighted by Crippen LogP contribution is -2.42. The maximum Gasteiger partial charge on any atom is 0.231 e. The van der Waals surface area contributed by atoms with Gasteiger partial charge in [0, 0.05) is 25.7 Å². The molecule has 0 radical (unpaired) electrons. The van der Waals surface area contributed by atoms with E-state index in [0.29, 0.717) is 12.8 Å². The van der Waals surface area contributed by atoms with Crippen LogP contribution in [0.1, 0.15) is 11.6 Å². The van der Waals surface area contributed by atoms with Crippen LogP contribution in [-0.4, -0.2) is 26.4 Å². The molecule has 1 aromatic carbocycles. The molecule has 0 bridgehead atoms. The molecule has 0 aliphatic carbocycles. The van der Waals surface area contributed by atoms with E-state index in [9.17, 15) is 0 Å². The monoisotopic (exact) mass is 206 g/mol. The van der Waals surface area contributed by atoms with Crippen LogP contribution in [0.4, 0.5) is 0 Å². The van der Waals surface area contributed by atoms with Gasteiger partial charge in [-0.3, -0.25) is 0 Å². The van der Waals surface area contributed by atoms with Crippen LogP contribution in [0.3, 0.4) is 0 Å². The second-order valence-electron chi connectivity index (χ2n) is 3.82. The van der Waals surface area contributed by atoms with E-state index < -0.39 is 0 Å². The molecule has 1 saturated heterocycles. The van der Waals surface area contributed by atoms with Crippen molar-refractivity contribution in [3.05, 3.63) is 23.8 Å². The van der Waals surface area contributed by atoms with E-state index in [2.05, 4.69) is 22.8 Å². The maximum atomic E-state index is 5.36. The smallest absolute Gasteiger partial charge is 0.231 e. The van der Waals surface area contributed by atoms with Gasteiger partial charge in [0.25, 0.3) is 0 Å². The van der Waals surface area contributed by atoms with Gasteiger partial charge in [-0.15, -0.1) is 0 Å². The van der Waals surface area contributed by atoms with Gasteiger partial charge in [-0.05, 0) is 17.7 Å². The van der Waals surface area contributed by atoms with E-state index in [1.165, 1.54) is 5.56 Å². The van der Waals surface area contributed by atoms with Crippen molar-refractivity contribution in [2.45, 2.75) is 6.04 Å². The summed E-state index contributed by atoms with van der Waals surface area (Å²) < 4.78 is 10.6. The Kier molecular flexibility index (Phi) is 2.23. The van der Waals surface area contributed by atoms with Crippen molar-refractivity contribution in [1.82, 2.24) is 10.6 Å². The zero-order valence-corrected chi connectivity index (χ0v) is 8.45. The SMILES string of the molecule is c1cc2c(cc1[C@@H]1CNCCN1)OCO2. The number of ether oxygens (including phenoxy) is 2. The third-order valence-corrected chi connectivity index (χ3v) is 2.84. The van der Waals surface area contributed by atoms with Gasteiger partial charge in [0.05, 0.1) is 0 Å². The number of piperazine rings is 1. The lowest BCUT2D eigenvalue weighted by Gasteiger charge is -2.24. The van der Waals surface area contributed by atoms with Crippen molar-refractivity contribution in [2.24, 2.45) is 0 Å². The van der Waals surface area contributed by atoms with E-state index >= 15 is 0 Å². The Morgan fingerprint density at radius 2 is 2.07 bits per heavy atom. The highest BCUT2D eigenvalue weighted by Crippen LogP contribution is 2.34. The summed E-state index contributed by atoms with van der Waals surface area (Å²) in [6.07, 6.45) is 0. The molecule has 2 heterocycles. The first-order valence-corrected chi connectivity index (χ1v) is 5.27. The third kappa shape index (κ3) is 1.66. The Labute approximate surface area is 88.6 Å². The van der Waals surface area contributed by atoms with Gasteiger partial charge in [0.15, 0.2) is 11.5 Å². The van der Waals surface area contributed by atoms with Gasteiger partial charge in [0.1, 0.15) is 0 Å². The van der Waals surface area contributed by atoms with Gasteiger partial charge in [-0.25, -0.2) is 0 Å². The van der Waals surface area contributed by atoms with Gasteiger partial charge in [-0.2, -0.15) is 0 Å². The van der Waals surface area contributed by atoms with Gasteiger partial charge in [0.2, 0.25) is 6.79 Å². The van der Waals surface area contributed by atoms with Crippen LogP contribution in [0.2, 0.25) is 0 Å². The molecule has 0 unspecified atom stereocenters. The number of nitrogens with one attached hydrogen (secondary N) is 2. The van der Waals surface area contributed by atoms with Crippen molar-refractivity contribution in [3.8, 4) is 11.5 Å². The number of fused-ring (bicyclic) bond motifs is 1. The highest BCUT2D eigenvalue weighted by molar-refractivity contribution is 5.45. The molecule has 0 amide bonds. The molecule has 4 nitrogen and oxygen atoms in total. The number of hydrogen-bond donors (Lipinski definition) is 2. The van der Waals surface area contributed by atoms with E-state index in [1.54, 1.807) is 0 Å². The Morgan fingerprint density at radius 3 is 2.93 bits per heavy atom. The topological polar surface area (TPSA) is 42.5 Å². The van der Waals surface area contributed by atoms with Crippen LogP contribution in [0.5, 0.6) is 11.5 Å². The average molecular weight is 206 g/mol. The maximum absolute atomic E-state index is 5.36. The minimum absolute atomic E-state index is 0.342. The van der Waals surface area contributed by atoms with Gasteiger partial charge in [-0.1, -0.05) is 6.07 Å². The van der Waals surface area contributed by atoms with Crippen molar-refractivity contribution in [2.75, 3.05) is 26.4 Å². The summed E-state index contributed by atoms with van der Waals surface area (Å²) in [5.41, 5.74) is 1.26. The Hall–Kier alpha value is -1.26. The molecule has 2 aliphatic rings. The van der Waals surface area contributed by atoms with Gasteiger partial charge >= 0.3 is 0 Å². The number of hydrogen-bond acceptors (Lipinski definition) is 4. The Bertz CT molecular complexity index is 362. The molecule has 3 rings (SSSR count). The van der Waals surface area contributed by atoms with Crippen molar-refractivity contribution in [1.29, 1.82) is 0 Å². The molecule has 80 valence electrons. The molecule has 1 atom stereocenters. The molecule has 1 aromatic rings. The Balaban J connectivity index is 1.85. The van der Waals surface area contributed by atoms with Crippen LogP contribution >= 0.6 is 0 Å². The zero-order valence-electron chi connectivity index (χ0n) is 8.45. The lowest BCUT2D eigenvalue weighted by molar-refractivity contribution is 0.174. The first-order chi connectivity index (χ1) is 7.43. The molecule has 0 saturated carbocycles. The minimum atomic E-state index is 0.342. The van der Waals surface area contributed by atoms with E-state index in [4.69, 9.17) is 9.47 Å². The highest BCUT2D eigenvalue weighted by atomic mass is 16.7. The summed E-state index contributed by atoms with van der Waals surface area (Å²) in [5.74, 6) is 1.71. The molecule has 0 aromatic heterocycles. The van der Waals surface area contributed by atoms with Crippen LogP contribution in [0.15, 0.2) is 18.2 Å². The van der Waals surface area contributed by atoms with Crippen LogP contribution in [-0.2, 0) is 0 Å². The fourth-order valence-electron chi connectivity index (χ4n) is 2.02. The summed E-state index contributed by atoms with van der Waals surface area (Å²) in [5, 5.41) is 6.83. The molecule has 2 aliphatic heterocycles. The lowest BCUT2D eigenvalue weighted by atomic mass is 10.0. The second-order valence-corrected chi connectivity index (χ2v) is 3.82. The molecule has 2 N–H and O–H groups in total. The van der Waals surface area contributed by atoms with E-state index in [1.807, 2.05) is 6.07 Å². The fourth-order valence-corrected chi connectivity index (χ4v) is 2.02. The summed E-state index contributed by atoms with van der Waals surface area (Å²) in [7, 11) is 0. The van der Waals surface area contributed by atoms with Crippen LogP contribution in [0, 0.1) is 0 Å². The fraction of sp³-hybridized carbons (Fsp3) is 0.455. The van der Waals surface area contributed by atoms with Crippen LogP contribution < -0.4 is 20.1 Å². The van der Waals surface area contributed by atoms with Crippen molar-refractivity contribution >= 4 is 0 Å². The third-order valence-electron chi connectivity index (χ3n) is 2.84. The Morgan fingerprint density at radius 1 is 1.13 bits per heavy atom. The predicted octanol–water partition coefficient (Wildman–Crippen LogP) is 0.649. The quantitative estimate of drug-likeness (QED) is 0.708. The first-order valence-electron chi connectivity index (χ1n) is 5.27. The average Bonchev–Trinajstić information content (AvgIpc) is 2.77. The number of benzene rings is 1. The summed E-state index contributed by atoms with van der Waals surface area (Å²) in [6.45, 7) is 3.37. The normalized spacial score (nSPS) is 24.1. The zero-order chi connectivity index (χ0) is 10.1. The van der Waals surface area contributed by atoms with E-state index in [-0.39, 0.29) is 0 Å². The predicted molar refractivity (Wildman–Crippen MR) is 56.2 cm³/mol. The molecule has 15 heavy (non-hydrogen) atoms.